The van der Waals surface area contributed by atoms with E-state index in [0.29, 0.717) is 0 Å². The Labute approximate surface area is 82.5 Å². The van der Waals surface area contributed by atoms with Crippen molar-refractivity contribution in [1.29, 1.82) is 0 Å². The Morgan fingerprint density at radius 2 is 1.47 bits per heavy atom. The van der Waals surface area contributed by atoms with E-state index in [1.54, 1.807) is 0 Å². The van der Waals surface area contributed by atoms with Gasteiger partial charge in [-0.05, 0) is 6.92 Å². The van der Waals surface area contributed by atoms with E-state index in [1.807, 2.05) is 18.7 Å². The van der Waals surface area contributed by atoms with Crippen molar-refractivity contribution >= 4 is 0 Å². The Balaban J connectivity index is 0. The largest absolute Gasteiger partial charge is 0.379 e. The lowest BCUT2D eigenvalue weighted by Crippen LogP contribution is -2.27. The van der Waals surface area contributed by atoms with E-state index in [-0.39, 0.29) is 0 Å². The molecule has 0 unspecified atom stereocenters. The fraction of sp³-hybridized carbons (Fsp3) is 0.571. The molecular weight excluding hydrogens is 226 g/mol. The number of hydrogen-bond donors (Lipinski definition) is 1. The van der Waals surface area contributed by atoms with Gasteiger partial charge in [-0.1, -0.05) is 0 Å². The summed E-state index contributed by atoms with van der Waals surface area (Å²) in [4.78, 5) is 2.94. The first-order chi connectivity index (χ1) is 6.90. The summed E-state index contributed by atoms with van der Waals surface area (Å²) in [6.45, 7) is -4.18. The van der Waals surface area contributed by atoms with Gasteiger partial charge in [-0.15, -0.1) is 0 Å². The second kappa shape index (κ2) is 10.9. The van der Waals surface area contributed by atoms with Gasteiger partial charge in [0, 0.05) is 0 Å². The normalized spacial score (nSPS) is 9.13. The average molecular weight is 237 g/mol. The lowest BCUT2D eigenvalue weighted by atomic mass is 10.7. The summed E-state index contributed by atoms with van der Waals surface area (Å²) in [6.07, 6.45) is 5.84. The van der Waals surface area contributed by atoms with E-state index in [2.05, 4.69) is 16.5 Å². The molecule has 0 saturated carbocycles. The van der Waals surface area contributed by atoms with Crippen LogP contribution < -0.4 is 4.57 Å². The predicted molar refractivity (Wildman–Crippen MR) is 40.9 cm³/mol. The molecular formula is C7H11F6N2+. The van der Waals surface area contributed by atoms with Gasteiger partial charge >= 0.3 is 13.4 Å². The Bertz CT molecular complexity index is 190. The van der Waals surface area contributed by atoms with E-state index >= 15 is 0 Å². The van der Waals surface area contributed by atoms with Gasteiger partial charge in [0.1, 0.15) is 12.4 Å². The van der Waals surface area contributed by atoms with Gasteiger partial charge in [0.25, 0.3) is 0 Å². The Morgan fingerprint density at radius 3 is 1.60 bits per heavy atom. The molecule has 15 heavy (non-hydrogen) atoms. The summed E-state index contributed by atoms with van der Waals surface area (Å²) >= 11 is 0. The number of aromatic nitrogens is 2. The van der Waals surface area contributed by atoms with Gasteiger partial charge in [-0.2, -0.15) is 26.3 Å². The highest BCUT2D eigenvalue weighted by molar-refractivity contribution is 4.54. The molecule has 2 nitrogen and oxygen atoms in total. The second-order valence-electron chi connectivity index (χ2n) is 1.94. The van der Waals surface area contributed by atoms with Gasteiger partial charge < -0.3 is 0 Å². The highest BCUT2D eigenvalue weighted by Gasteiger charge is 1.86. The van der Waals surface area contributed by atoms with Crippen LogP contribution in [-0.4, -0.2) is 18.3 Å². The van der Waals surface area contributed by atoms with Crippen LogP contribution in [0, 0.1) is 0 Å². The minimum absolute atomic E-state index is 1.05. The van der Waals surface area contributed by atoms with Crippen LogP contribution in [0.4, 0.5) is 26.3 Å². The van der Waals surface area contributed by atoms with Gasteiger partial charge in [0.2, 0.25) is 6.33 Å². The minimum atomic E-state index is -3.67. The first-order valence-electron chi connectivity index (χ1n) is 3.76. The number of imidazole rings is 1. The molecule has 0 fully saturated rings. The van der Waals surface area contributed by atoms with Crippen LogP contribution in [0.25, 0.3) is 0 Å². The zero-order chi connectivity index (χ0) is 12.3. The molecule has 1 N–H and O–H groups in total. The van der Waals surface area contributed by atoms with Crippen LogP contribution in [-0.2, 0) is 6.54 Å². The molecule has 0 spiro atoms. The number of H-pyrrole nitrogens is 1. The molecule has 0 aromatic carbocycles. The second-order valence-corrected chi connectivity index (χ2v) is 1.94. The van der Waals surface area contributed by atoms with Crippen LogP contribution in [0.2, 0.25) is 0 Å². The molecule has 90 valence electrons. The molecule has 0 bridgehead atoms. The topological polar surface area (TPSA) is 19.7 Å². The van der Waals surface area contributed by atoms with Gasteiger partial charge in [0.15, 0.2) is 0 Å². The molecule has 8 heteroatoms. The minimum Gasteiger partial charge on any atom is -0.250 e. The number of hydrogen-bond acceptors (Lipinski definition) is 0. The van der Waals surface area contributed by atoms with Crippen molar-refractivity contribution in [1.82, 2.24) is 4.98 Å². The molecule has 1 rings (SSSR count). The summed E-state index contributed by atoms with van der Waals surface area (Å²) in [5.74, 6) is 0. The molecule has 0 amide bonds. The first-order valence-corrected chi connectivity index (χ1v) is 3.76. The maximum Gasteiger partial charge on any atom is 0.379 e. The quantitative estimate of drug-likeness (QED) is 0.572. The molecule has 0 aliphatic heterocycles. The lowest BCUT2D eigenvalue weighted by Gasteiger charge is -1.79. The smallest absolute Gasteiger partial charge is 0.250 e. The summed E-state index contributed by atoms with van der Waals surface area (Å²) in [6, 6.07) is 0. The highest BCUT2D eigenvalue weighted by atomic mass is 19.4. The fourth-order valence-corrected chi connectivity index (χ4v) is 0.517. The number of rotatable bonds is 1. The number of halogens is 6. The molecule has 0 aliphatic rings. The van der Waals surface area contributed by atoms with Crippen molar-refractivity contribution in [3.8, 4) is 0 Å². The first kappa shape index (κ1) is 16.2. The van der Waals surface area contributed by atoms with Crippen molar-refractivity contribution in [2.75, 3.05) is 0 Å². The van der Waals surface area contributed by atoms with Crippen LogP contribution >= 0.6 is 0 Å². The highest BCUT2D eigenvalue weighted by Crippen LogP contribution is 1.87. The molecule has 1 aromatic heterocycles. The third-order valence-electron chi connectivity index (χ3n) is 0.968. The van der Waals surface area contributed by atoms with E-state index in [4.69, 9.17) is 0 Å². The molecule has 0 atom stereocenters. The van der Waals surface area contributed by atoms with Crippen molar-refractivity contribution in [2.45, 2.75) is 26.8 Å². The van der Waals surface area contributed by atoms with Crippen LogP contribution in [0.15, 0.2) is 18.7 Å². The summed E-state index contributed by atoms with van der Waals surface area (Å²) < 4.78 is 60.1. The third-order valence-corrected chi connectivity index (χ3v) is 0.968. The maximum absolute atomic E-state index is 9.67. The lowest BCUT2D eigenvalue weighted by molar-refractivity contribution is -0.692. The summed E-state index contributed by atoms with van der Waals surface area (Å²) in [7, 11) is 0. The van der Waals surface area contributed by atoms with Crippen LogP contribution in [0.3, 0.4) is 0 Å². The SMILES string of the molecule is CC[n+]1cc[nH]c1.FC(F)F.FC(F)F. The standard InChI is InChI=1S/C5H8N2.2CHF3/c1-2-7-4-3-6-5-7;2*2-1(3)4/h3-5H,2H2,1H3;2*1H/p+1. The summed E-state index contributed by atoms with van der Waals surface area (Å²) in [5.41, 5.74) is 0. The molecule has 1 aromatic rings. The zero-order valence-electron chi connectivity index (χ0n) is 7.81. The van der Waals surface area contributed by atoms with E-state index in [9.17, 15) is 26.3 Å². The zero-order valence-corrected chi connectivity index (χ0v) is 7.81. The molecule has 0 radical (unpaired) electrons. The van der Waals surface area contributed by atoms with Crippen LogP contribution in [0.1, 0.15) is 6.92 Å². The summed E-state index contributed by atoms with van der Waals surface area (Å²) in [5, 5.41) is 0. The number of aryl methyl sites for hydroxylation is 1. The molecule has 0 saturated heterocycles. The van der Waals surface area contributed by atoms with Crippen molar-refractivity contribution in [3.63, 3.8) is 0 Å². The number of nitrogens with zero attached hydrogens (tertiary/aromatic N) is 1. The van der Waals surface area contributed by atoms with Gasteiger partial charge in [0.05, 0.1) is 6.54 Å². The average Bonchev–Trinajstić information content (AvgIpc) is 2.52. The van der Waals surface area contributed by atoms with E-state index in [0.717, 1.165) is 6.54 Å². The van der Waals surface area contributed by atoms with Crippen LogP contribution in [0.5, 0.6) is 0 Å². The third kappa shape index (κ3) is 24.5. The van der Waals surface area contributed by atoms with Crippen molar-refractivity contribution < 1.29 is 30.9 Å². The number of nitrogens with one attached hydrogen (secondary N) is 1. The Morgan fingerprint density at radius 1 is 1.07 bits per heavy atom. The number of aromatic amines is 1. The Kier molecular flexibility index (Phi) is 11.8. The van der Waals surface area contributed by atoms with Gasteiger partial charge in [-0.25, -0.2) is 4.57 Å². The molecule has 1 heterocycles. The monoisotopic (exact) mass is 237 g/mol. The fourth-order valence-electron chi connectivity index (χ4n) is 0.517. The molecule has 0 aliphatic carbocycles. The van der Waals surface area contributed by atoms with Crippen molar-refractivity contribution in [2.24, 2.45) is 0 Å². The van der Waals surface area contributed by atoms with Gasteiger partial charge in [-0.3, -0.25) is 4.98 Å². The Hall–Kier alpha value is -1.21. The van der Waals surface area contributed by atoms with E-state index < -0.39 is 13.4 Å². The van der Waals surface area contributed by atoms with Crippen molar-refractivity contribution in [3.05, 3.63) is 18.7 Å². The maximum atomic E-state index is 9.67. The predicted octanol–water partition coefficient (Wildman–Crippen LogP) is 2.68. The van der Waals surface area contributed by atoms with E-state index in [1.165, 1.54) is 0 Å². The number of alkyl halides is 6.